The van der Waals surface area contributed by atoms with E-state index < -0.39 is 0 Å². The predicted molar refractivity (Wildman–Crippen MR) is 83.4 cm³/mol. The van der Waals surface area contributed by atoms with Gasteiger partial charge in [-0.25, -0.2) is 0 Å². The van der Waals surface area contributed by atoms with Crippen molar-refractivity contribution in [1.29, 1.82) is 0 Å². The highest BCUT2D eigenvalue weighted by Gasteiger charge is 2.35. The fraction of sp³-hybridized carbons (Fsp3) is 0.412. The van der Waals surface area contributed by atoms with E-state index in [0.717, 1.165) is 18.5 Å². The van der Waals surface area contributed by atoms with Gasteiger partial charge in [-0.1, -0.05) is 43.7 Å². The molecule has 0 bridgehead atoms. The van der Waals surface area contributed by atoms with Crippen LogP contribution in [0.5, 0.6) is 0 Å². The highest BCUT2D eigenvalue weighted by Crippen LogP contribution is 2.35. The van der Waals surface area contributed by atoms with Crippen LogP contribution < -0.4 is 5.32 Å². The molecule has 1 nitrogen and oxygen atoms in total. The fourth-order valence-electron chi connectivity index (χ4n) is 2.65. The standard InChI is InChI=1S/C17H21NS/c1-2-6-14-11-16(14)18-12-15-9-10-17(19-15)13-7-4-3-5-8-13/h3-5,7-10,14,16,18H,2,6,11-12H2,1H3. The molecule has 0 saturated heterocycles. The van der Waals surface area contributed by atoms with Gasteiger partial charge in [0.2, 0.25) is 0 Å². The molecule has 2 atom stereocenters. The Morgan fingerprint density at radius 3 is 2.79 bits per heavy atom. The number of hydrogen-bond donors (Lipinski definition) is 1. The van der Waals surface area contributed by atoms with Gasteiger partial charge in [0, 0.05) is 22.3 Å². The predicted octanol–water partition coefficient (Wildman–Crippen LogP) is 4.69. The van der Waals surface area contributed by atoms with E-state index in [1.165, 1.54) is 34.6 Å². The van der Waals surface area contributed by atoms with Crippen molar-refractivity contribution >= 4 is 11.3 Å². The largest absolute Gasteiger partial charge is 0.309 e. The number of thiophene rings is 1. The molecule has 0 radical (unpaired) electrons. The summed E-state index contributed by atoms with van der Waals surface area (Å²) in [6.45, 7) is 3.31. The summed E-state index contributed by atoms with van der Waals surface area (Å²) in [6, 6.07) is 15.9. The molecule has 1 aromatic carbocycles. The average Bonchev–Trinajstić information content (AvgIpc) is 3.02. The summed E-state index contributed by atoms with van der Waals surface area (Å²) in [5.41, 5.74) is 1.33. The molecule has 2 unspecified atom stereocenters. The van der Waals surface area contributed by atoms with Gasteiger partial charge in [-0.2, -0.15) is 0 Å². The molecule has 1 aliphatic carbocycles. The first-order valence-electron chi connectivity index (χ1n) is 7.24. The summed E-state index contributed by atoms with van der Waals surface area (Å²) < 4.78 is 0. The van der Waals surface area contributed by atoms with E-state index in [-0.39, 0.29) is 0 Å². The molecule has 1 heterocycles. The Morgan fingerprint density at radius 2 is 2.00 bits per heavy atom. The normalized spacial score (nSPS) is 21.5. The van der Waals surface area contributed by atoms with Crippen molar-refractivity contribution in [3.8, 4) is 10.4 Å². The van der Waals surface area contributed by atoms with Crippen LogP contribution in [0.3, 0.4) is 0 Å². The smallest absolute Gasteiger partial charge is 0.0346 e. The lowest BCUT2D eigenvalue weighted by Gasteiger charge is -2.01. The summed E-state index contributed by atoms with van der Waals surface area (Å²) in [6.07, 6.45) is 4.09. The van der Waals surface area contributed by atoms with E-state index >= 15 is 0 Å². The number of rotatable bonds is 6. The summed E-state index contributed by atoms with van der Waals surface area (Å²) >= 11 is 1.91. The van der Waals surface area contributed by atoms with Crippen LogP contribution in [0.1, 0.15) is 31.1 Å². The second-order valence-corrected chi connectivity index (χ2v) is 6.57. The number of hydrogen-bond acceptors (Lipinski definition) is 2. The Kier molecular flexibility index (Phi) is 4.00. The van der Waals surface area contributed by atoms with Crippen LogP contribution in [-0.4, -0.2) is 6.04 Å². The van der Waals surface area contributed by atoms with Gasteiger partial charge in [0.1, 0.15) is 0 Å². The molecule has 1 aliphatic rings. The molecule has 3 rings (SSSR count). The van der Waals surface area contributed by atoms with E-state index in [0.29, 0.717) is 0 Å². The Hall–Kier alpha value is -1.12. The van der Waals surface area contributed by atoms with E-state index in [1.807, 2.05) is 11.3 Å². The van der Waals surface area contributed by atoms with Crippen LogP contribution in [-0.2, 0) is 6.54 Å². The van der Waals surface area contributed by atoms with Gasteiger partial charge >= 0.3 is 0 Å². The maximum absolute atomic E-state index is 3.68. The van der Waals surface area contributed by atoms with Crippen molar-refractivity contribution in [3.63, 3.8) is 0 Å². The molecular weight excluding hydrogens is 250 g/mol. The first-order valence-corrected chi connectivity index (χ1v) is 8.06. The minimum atomic E-state index is 0.780. The molecule has 2 heteroatoms. The zero-order valence-electron chi connectivity index (χ0n) is 11.4. The summed E-state index contributed by atoms with van der Waals surface area (Å²) in [4.78, 5) is 2.82. The molecule has 1 fully saturated rings. The molecule has 1 saturated carbocycles. The molecule has 0 amide bonds. The SMILES string of the molecule is CCCC1CC1NCc1ccc(-c2ccccc2)s1. The summed E-state index contributed by atoms with van der Waals surface area (Å²) in [5.74, 6) is 0.943. The first kappa shape index (κ1) is 12.9. The quantitative estimate of drug-likeness (QED) is 0.803. The first-order chi connectivity index (χ1) is 9.36. The van der Waals surface area contributed by atoms with Gasteiger partial charge in [0.05, 0.1) is 0 Å². The molecule has 1 aromatic heterocycles. The van der Waals surface area contributed by atoms with Crippen molar-refractivity contribution in [2.45, 2.75) is 38.8 Å². The molecular formula is C17H21NS. The van der Waals surface area contributed by atoms with Crippen molar-refractivity contribution < 1.29 is 0 Å². The third kappa shape index (κ3) is 3.26. The van der Waals surface area contributed by atoms with Crippen molar-refractivity contribution in [3.05, 3.63) is 47.3 Å². The van der Waals surface area contributed by atoms with Gasteiger partial charge < -0.3 is 5.32 Å². The maximum atomic E-state index is 3.68. The molecule has 0 aliphatic heterocycles. The molecule has 100 valence electrons. The average molecular weight is 271 g/mol. The van der Waals surface area contributed by atoms with Crippen LogP contribution >= 0.6 is 11.3 Å². The lowest BCUT2D eigenvalue weighted by atomic mass is 10.2. The number of benzene rings is 1. The second-order valence-electron chi connectivity index (χ2n) is 5.40. The Bertz CT molecular complexity index is 517. The molecule has 1 N–H and O–H groups in total. The zero-order chi connectivity index (χ0) is 13.1. The van der Waals surface area contributed by atoms with E-state index in [9.17, 15) is 0 Å². The Labute approximate surface area is 119 Å². The fourth-order valence-corrected chi connectivity index (χ4v) is 3.61. The van der Waals surface area contributed by atoms with Crippen LogP contribution in [0.25, 0.3) is 10.4 Å². The molecule has 2 aromatic rings. The lowest BCUT2D eigenvalue weighted by Crippen LogP contribution is -2.16. The van der Waals surface area contributed by atoms with Crippen molar-refractivity contribution in [2.75, 3.05) is 0 Å². The second kappa shape index (κ2) is 5.89. The van der Waals surface area contributed by atoms with E-state index in [2.05, 4.69) is 54.7 Å². The Balaban J connectivity index is 1.55. The third-order valence-electron chi connectivity index (χ3n) is 3.84. The van der Waals surface area contributed by atoms with Gasteiger partial charge in [0.25, 0.3) is 0 Å². The van der Waals surface area contributed by atoms with Crippen LogP contribution in [0.4, 0.5) is 0 Å². The van der Waals surface area contributed by atoms with Gasteiger partial charge in [-0.3, -0.25) is 0 Å². The van der Waals surface area contributed by atoms with E-state index in [1.54, 1.807) is 0 Å². The van der Waals surface area contributed by atoms with E-state index in [4.69, 9.17) is 0 Å². The minimum Gasteiger partial charge on any atom is -0.309 e. The van der Waals surface area contributed by atoms with Gasteiger partial charge in [0.15, 0.2) is 0 Å². The van der Waals surface area contributed by atoms with Crippen molar-refractivity contribution in [2.24, 2.45) is 5.92 Å². The third-order valence-corrected chi connectivity index (χ3v) is 4.97. The monoisotopic (exact) mass is 271 g/mol. The van der Waals surface area contributed by atoms with Crippen molar-refractivity contribution in [1.82, 2.24) is 5.32 Å². The van der Waals surface area contributed by atoms with Gasteiger partial charge in [-0.05, 0) is 36.5 Å². The topological polar surface area (TPSA) is 12.0 Å². The molecule has 19 heavy (non-hydrogen) atoms. The summed E-state index contributed by atoms with van der Waals surface area (Å²) in [7, 11) is 0. The Morgan fingerprint density at radius 1 is 1.16 bits per heavy atom. The maximum Gasteiger partial charge on any atom is 0.0346 e. The molecule has 0 spiro atoms. The zero-order valence-corrected chi connectivity index (χ0v) is 12.2. The van der Waals surface area contributed by atoms with Crippen LogP contribution in [0, 0.1) is 5.92 Å². The van der Waals surface area contributed by atoms with Gasteiger partial charge in [-0.15, -0.1) is 11.3 Å². The minimum absolute atomic E-state index is 0.780. The highest BCUT2D eigenvalue weighted by molar-refractivity contribution is 7.15. The highest BCUT2D eigenvalue weighted by atomic mass is 32.1. The number of nitrogens with one attached hydrogen (secondary N) is 1. The lowest BCUT2D eigenvalue weighted by molar-refractivity contribution is 0.602. The van der Waals surface area contributed by atoms with Crippen LogP contribution in [0.15, 0.2) is 42.5 Å². The summed E-state index contributed by atoms with van der Waals surface area (Å²) in [5, 5.41) is 3.68. The van der Waals surface area contributed by atoms with Crippen LogP contribution in [0.2, 0.25) is 0 Å².